The van der Waals surface area contributed by atoms with Gasteiger partial charge in [0, 0.05) is 36.0 Å². The topological polar surface area (TPSA) is 63.4 Å². The molecule has 3 aromatic carbocycles. The molecule has 1 aliphatic heterocycles. The average molecular weight is 455 g/mol. The molecule has 2 N–H and O–H groups in total. The zero-order valence-corrected chi connectivity index (χ0v) is 19.9. The number of nitrogens with one attached hydrogen (secondary N) is 2. The molecule has 174 valence electrons. The van der Waals surface area contributed by atoms with E-state index in [9.17, 15) is 4.79 Å². The maximum absolute atomic E-state index is 13.1. The van der Waals surface area contributed by atoms with Gasteiger partial charge in [-0.05, 0) is 45.9 Å². The van der Waals surface area contributed by atoms with Gasteiger partial charge in [0.25, 0.3) is 0 Å². The first-order valence-electron chi connectivity index (χ1n) is 11.7. The van der Waals surface area contributed by atoms with Crippen LogP contribution in [0, 0.1) is 0 Å². The van der Waals surface area contributed by atoms with Crippen LogP contribution in [0.5, 0.6) is 11.5 Å². The van der Waals surface area contributed by atoms with Crippen LogP contribution in [0.25, 0.3) is 10.9 Å². The first-order valence-corrected chi connectivity index (χ1v) is 11.7. The Labute approximate surface area is 200 Å². The Hall–Kier alpha value is -3.73. The molecule has 1 aromatic heterocycles. The summed E-state index contributed by atoms with van der Waals surface area (Å²) >= 11 is 0. The Morgan fingerprint density at radius 1 is 1.00 bits per heavy atom. The average Bonchev–Trinajstić information content (AvgIpc) is 3.47. The van der Waals surface area contributed by atoms with E-state index < -0.39 is 0 Å². The van der Waals surface area contributed by atoms with E-state index in [1.807, 2.05) is 36.5 Å². The van der Waals surface area contributed by atoms with Crippen molar-refractivity contribution >= 4 is 16.8 Å². The Morgan fingerprint density at radius 3 is 2.56 bits per heavy atom. The fourth-order valence-corrected chi connectivity index (χ4v) is 4.51. The van der Waals surface area contributed by atoms with Crippen molar-refractivity contribution in [3.63, 3.8) is 0 Å². The molecule has 4 aromatic rings. The number of H-pyrrole nitrogens is 1. The molecule has 0 unspecified atom stereocenters. The van der Waals surface area contributed by atoms with Gasteiger partial charge in [-0.2, -0.15) is 0 Å². The minimum atomic E-state index is -0.0538. The maximum atomic E-state index is 13.1. The molecular weight excluding hydrogens is 424 g/mol. The van der Waals surface area contributed by atoms with Gasteiger partial charge < -0.3 is 19.8 Å². The number of para-hydroxylation sites is 1. The molecule has 5 heteroatoms. The molecule has 1 atom stereocenters. The predicted octanol–water partition coefficient (Wildman–Crippen LogP) is 6.03. The van der Waals surface area contributed by atoms with Crippen molar-refractivity contribution in [2.24, 2.45) is 0 Å². The van der Waals surface area contributed by atoms with Crippen LogP contribution in [0.4, 0.5) is 0 Å². The highest BCUT2D eigenvalue weighted by molar-refractivity contribution is 5.86. The molecule has 5 rings (SSSR count). The second-order valence-corrected chi connectivity index (χ2v) is 9.88. The lowest BCUT2D eigenvalue weighted by Gasteiger charge is -2.22. The van der Waals surface area contributed by atoms with Gasteiger partial charge >= 0.3 is 0 Å². The lowest BCUT2D eigenvalue weighted by Crippen LogP contribution is -2.25. The van der Waals surface area contributed by atoms with E-state index in [1.165, 1.54) is 5.56 Å². The number of hydrogen-bond donors (Lipinski definition) is 2. The molecule has 1 aliphatic rings. The Kier molecular flexibility index (Phi) is 5.78. The molecule has 5 nitrogen and oxygen atoms in total. The number of ether oxygens (including phenoxy) is 2. The number of amides is 1. The van der Waals surface area contributed by atoms with E-state index in [0.29, 0.717) is 13.0 Å². The molecule has 0 radical (unpaired) electrons. The van der Waals surface area contributed by atoms with Crippen LogP contribution < -0.4 is 14.8 Å². The molecular formula is C29H30N2O3. The number of rotatable bonds is 6. The van der Waals surface area contributed by atoms with Gasteiger partial charge in [0.1, 0.15) is 0 Å². The molecule has 2 heterocycles. The minimum absolute atomic E-state index is 0.00726. The number of aromatic amines is 1. The number of aromatic nitrogens is 1. The minimum Gasteiger partial charge on any atom is -0.454 e. The fourth-order valence-electron chi connectivity index (χ4n) is 4.51. The third-order valence-corrected chi connectivity index (χ3v) is 6.49. The second kappa shape index (κ2) is 8.90. The molecule has 0 fully saturated rings. The summed E-state index contributed by atoms with van der Waals surface area (Å²) in [5.74, 6) is 1.42. The van der Waals surface area contributed by atoms with Crippen LogP contribution in [-0.2, 0) is 16.8 Å². The van der Waals surface area contributed by atoms with Crippen molar-refractivity contribution in [1.82, 2.24) is 10.3 Å². The van der Waals surface area contributed by atoms with Gasteiger partial charge in [-0.1, -0.05) is 69.3 Å². The summed E-state index contributed by atoms with van der Waals surface area (Å²) in [5.41, 5.74) is 5.69. The van der Waals surface area contributed by atoms with E-state index in [4.69, 9.17) is 9.47 Å². The zero-order chi connectivity index (χ0) is 23.7. The summed E-state index contributed by atoms with van der Waals surface area (Å²) in [6, 6.07) is 22.7. The maximum Gasteiger partial charge on any atom is 0.231 e. The van der Waals surface area contributed by atoms with E-state index in [1.54, 1.807) is 0 Å². The van der Waals surface area contributed by atoms with Crippen molar-refractivity contribution in [2.45, 2.75) is 45.1 Å². The van der Waals surface area contributed by atoms with Gasteiger partial charge in [0.05, 0.1) is 0 Å². The van der Waals surface area contributed by atoms with E-state index in [2.05, 4.69) is 67.5 Å². The first-order chi connectivity index (χ1) is 16.4. The van der Waals surface area contributed by atoms with Crippen molar-refractivity contribution in [1.29, 1.82) is 0 Å². The predicted molar refractivity (Wildman–Crippen MR) is 134 cm³/mol. The summed E-state index contributed by atoms with van der Waals surface area (Å²) in [6.07, 6.45) is 2.40. The summed E-state index contributed by atoms with van der Waals surface area (Å²) in [4.78, 5) is 16.5. The van der Waals surface area contributed by atoms with Gasteiger partial charge in [-0.25, -0.2) is 0 Å². The standard InChI is InChI=1S/C29H30N2O3/c1-29(2,3)21-11-9-20(10-12-21)23(24-17-30-25-7-5-4-6-22(24)25)15-28(32)31-16-19-8-13-26-27(14-19)34-18-33-26/h4-14,17,23,30H,15-16,18H2,1-3H3,(H,31,32)/t23-/m1/s1. The second-order valence-electron chi connectivity index (χ2n) is 9.88. The summed E-state index contributed by atoms with van der Waals surface area (Å²) in [5, 5.41) is 4.24. The van der Waals surface area contributed by atoms with Crippen LogP contribution >= 0.6 is 0 Å². The van der Waals surface area contributed by atoms with E-state index in [-0.39, 0.29) is 24.0 Å². The third-order valence-electron chi connectivity index (χ3n) is 6.49. The Morgan fingerprint density at radius 2 is 1.76 bits per heavy atom. The number of hydrogen-bond acceptors (Lipinski definition) is 3. The highest BCUT2D eigenvalue weighted by atomic mass is 16.7. The largest absolute Gasteiger partial charge is 0.454 e. The lowest BCUT2D eigenvalue weighted by atomic mass is 9.83. The van der Waals surface area contributed by atoms with E-state index in [0.717, 1.165) is 39.1 Å². The van der Waals surface area contributed by atoms with Crippen molar-refractivity contribution in [3.8, 4) is 11.5 Å². The molecule has 0 bridgehead atoms. The van der Waals surface area contributed by atoms with Crippen molar-refractivity contribution in [2.75, 3.05) is 6.79 Å². The molecule has 0 saturated carbocycles. The molecule has 34 heavy (non-hydrogen) atoms. The van der Waals surface area contributed by atoms with Gasteiger partial charge in [-0.3, -0.25) is 4.79 Å². The normalized spacial score (nSPS) is 13.7. The summed E-state index contributed by atoms with van der Waals surface area (Å²) in [7, 11) is 0. The fraction of sp³-hybridized carbons (Fsp3) is 0.276. The zero-order valence-electron chi connectivity index (χ0n) is 19.9. The highest BCUT2D eigenvalue weighted by Gasteiger charge is 2.23. The number of fused-ring (bicyclic) bond motifs is 2. The molecule has 0 aliphatic carbocycles. The quantitative estimate of drug-likeness (QED) is 0.374. The SMILES string of the molecule is CC(C)(C)c1ccc([C@@H](CC(=O)NCc2ccc3c(c2)OCO3)c2c[nH]c3ccccc23)cc1. The van der Waals surface area contributed by atoms with Gasteiger partial charge in [0.15, 0.2) is 11.5 Å². The number of carbonyl (C=O) groups excluding carboxylic acids is 1. The smallest absolute Gasteiger partial charge is 0.231 e. The van der Waals surface area contributed by atoms with Crippen molar-refractivity contribution in [3.05, 3.63) is 95.2 Å². The van der Waals surface area contributed by atoms with Crippen LogP contribution in [-0.4, -0.2) is 17.7 Å². The monoisotopic (exact) mass is 454 g/mol. The van der Waals surface area contributed by atoms with E-state index >= 15 is 0 Å². The Balaban J connectivity index is 1.38. The van der Waals surface area contributed by atoms with Crippen LogP contribution in [0.3, 0.4) is 0 Å². The highest BCUT2D eigenvalue weighted by Crippen LogP contribution is 2.35. The van der Waals surface area contributed by atoms with Gasteiger partial charge in [-0.15, -0.1) is 0 Å². The molecule has 0 saturated heterocycles. The Bertz CT molecular complexity index is 1320. The third kappa shape index (κ3) is 4.51. The van der Waals surface area contributed by atoms with Gasteiger partial charge in [0.2, 0.25) is 12.7 Å². The lowest BCUT2D eigenvalue weighted by molar-refractivity contribution is -0.121. The molecule has 0 spiro atoms. The first kappa shape index (κ1) is 22.1. The number of carbonyl (C=O) groups is 1. The summed E-state index contributed by atoms with van der Waals surface area (Å²) in [6.45, 7) is 7.32. The van der Waals surface area contributed by atoms with Crippen molar-refractivity contribution < 1.29 is 14.3 Å². The van der Waals surface area contributed by atoms with Crippen LogP contribution in [0.2, 0.25) is 0 Å². The molecule has 1 amide bonds. The summed E-state index contributed by atoms with van der Waals surface area (Å²) < 4.78 is 10.8. The van der Waals surface area contributed by atoms with Crippen LogP contribution in [0.1, 0.15) is 55.4 Å². The van der Waals surface area contributed by atoms with Crippen LogP contribution in [0.15, 0.2) is 72.9 Å². The number of benzene rings is 3.